The number of nitrogens with zero attached hydrogens (tertiary/aromatic N) is 2. The maximum Gasteiger partial charge on any atom is 0.128 e. The van der Waals surface area contributed by atoms with Crippen LogP contribution < -0.4 is 10.6 Å². The van der Waals surface area contributed by atoms with Crippen molar-refractivity contribution in [1.29, 1.82) is 0 Å². The first-order valence-corrected chi connectivity index (χ1v) is 6.20. The molecule has 1 aliphatic rings. The molecule has 4 nitrogen and oxygen atoms in total. The van der Waals surface area contributed by atoms with Gasteiger partial charge in [-0.25, -0.2) is 4.98 Å². The van der Waals surface area contributed by atoms with Gasteiger partial charge in [0.05, 0.1) is 12.2 Å². The van der Waals surface area contributed by atoms with Crippen molar-refractivity contribution >= 4 is 21.7 Å². The number of hydrogen-bond acceptors (Lipinski definition) is 4. The molecule has 5 heteroatoms. The summed E-state index contributed by atoms with van der Waals surface area (Å²) in [6.07, 6.45) is 2.12. The van der Waals surface area contributed by atoms with E-state index in [1.807, 2.05) is 18.3 Å². The van der Waals surface area contributed by atoms with Crippen LogP contribution in [0.5, 0.6) is 0 Å². The third-order valence-corrected chi connectivity index (χ3v) is 3.09. The summed E-state index contributed by atoms with van der Waals surface area (Å²) in [5, 5.41) is 0. The topological polar surface area (TPSA) is 51.4 Å². The van der Waals surface area contributed by atoms with Gasteiger partial charge in [0.15, 0.2) is 0 Å². The Balaban J connectivity index is 2.11. The molecular weight excluding hydrogens is 270 g/mol. The monoisotopic (exact) mass is 285 g/mol. The molecule has 0 aromatic carbocycles. The summed E-state index contributed by atoms with van der Waals surface area (Å²) in [5.74, 6) is 0.983. The van der Waals surface area contributed by atoms with Crippen LogP contribution in [0.4, 0.5) is 5.82 Å². The van der Waals surface area contributed by atoms with Gasteiger partial charge in [-0.1, -0.05) is 0 Å². The van der Waals surface area contributed by atoms with Gasteiger partial charge in [0.2, 0.25) is 0 Å². The van der Waals surface area contributed by atoms with Gasteiger partial charge in [0, 0.05) is 30.3 Å². The fourth-order valence-electron chi connectivity index (χ4n) is 1.92. The fraction of sp³-hybridized carbons (Fsp3) is 0.545. The van der Waals surface area contributed by atoms with Crippen LogP contribution in [-0.2, 0) is 4.74 Å². The number of pyridine rings is 1. The third kappa shape index (κ3) is 2.72. The van der Waals surface area contributed by atoms with E-state index in [4.69, 9.17) is 10.5 Å². The first-order valence-electron chi connectivity index (χ1n) is 5.41. The van der Waals surface area contributed by atoms with Crippen LogP contribution in [-0.4, -0.2) is 36.8 Å². The minimum absolute atomic E-state index is 0.106. The maximum absolute atomic E-state index is 5.71. The normalized spacial score (nSPS) is 25.8. The number of nitrogens with two attached hydrogens (primary N) is 1. The maximum atomic E-state index is 5.71. The van der Waals surface area contributed by atoms with Gasteiger partial charge < -0.3 is 15.4 Å². The Morgan fingerprint density at radius 3 is 3.00 bits per heavy atom. The van der Waals surface area contributed by atoms with Crippen LogP contribution >= 0.6 is 15.9 Å². The van der Waals surface area contributed by atoms with Crippen LogP contribution in [0.1, 0.15) is 6.92 Å². The van der Waals surface area contributed by atoms with E-state index in [-0.39, 0.29) is 12.2 Å². The van der Waals surface area contributed by atoms with Crippen LogP contribution in [0.2, 0.25) is 0 Å². The smallest absolute Gasteiger partial charge is 0.128 e. The van der Waals surface area contributed by atoms with Gasteiger partial charge in [-0.15, -0.1) is 0 Å². The summed E-state index contributed by atoms with van der Waals surface area (Å²) < 4.78 is 6.70. The van der Waals surface area contributed by atoms with Crippen molar-refractivity contribution in [1.82, 2.24) is 4.98 Å². The molecule has 1 fully saturated rings. The number of hydrogen-bond donors (Lipinski definition) is 1. The van der Waals surface area contributed by atoms with E-state index in [0.29, 0.717) is 6.54 Å². The molecule has 0 bridgehead atoms. The molecule has 2 rings (SSSR count). The second kappa shape index (κ2) is 5.12. The molecule has 2 unspecified atom stereocenters. The molecule has 0 spiro atoms. The highest BCUT2D eigenvalue weighted by Gasteiger charge is 2.24. The van der Waals surface area contributed by atoms with Gasteiger partial charge in [-0.05, 0) is 35.0 Å². The summed E-state index contributed by atoms with van der Waals surface area (Å²) in [4.78, 5) is 6.61. The predicted octanol–water partition coefficient (Wildman–Crippen LogP) is 1.40. The first-order chi connectivity index (χ1) is 7.69. The largest absolute Gasteiger partial charge is 0.370 e. The van der Waals surface area contributed by atoms with Crippen molar-refractivity contribution in [3.63, 3.8) is 0 Å². The van der Waals surface area contributed by atoms with Crippen LogP contribution in [0.15, 0.2) is 22.8 Å². The number of ether oxygens (including phenoxy) is 1. The lowest BCUT2D eigenvalue weighted by Crippen LogP contribution is -2.49. The van der Waals surface area contributed by atoms with E-state index in [1.54, 1.807) is 0 Å². The zero-order valence-electron chi connectivity index (χ0n) is 9.27. The molecule has 2 N–H and O–H groups in total. The summed E-state index contributed by atoms with van der Waals surface area (Å²) >= 11 is 3.38. The number of halogens is 1. The Bertz CT molecular complexity index is 344. The van der Waals surface area contributed by atoms with E-state index in [2.05, 4.69) is 32.7 Å². The summed E-state index contributed by atoms with van der Waals surface area (Å²) in [5.41, 5.74) is 5.65. The molecule has 1 aliphatic heterocycles. The number of aromatic nitrogens is 1. The van der Waals surface area contributed by atoms with Crippen molar-refractivity contribution in [3.05, 3.63) is 22.8 Å². The van der Waals surface area contributed by atoms with Gasteiger partial charge in [0.1, 0.15) is 5.82 Å². The zero-order chi connectivity index (χ0) is 11.5. The standard InChI is InChI=1S/C11H16BrN3O/c1-8-6-15(7-10(4-13)16-8)11-3-2-9(12)5-14-11/h2-3,5,8,10H,4,6-7,13H2,1H3. The second-order valence-corrected chi connectivity index (χ2v) is 4.96. The Kier molecular flexibility index (Phi) is 3.78. The lowest BCUT2D eigenvalue weighted by atomic mass is 10.2. The van der Waals surface area contributed by atoms with E-state index in [9.17, 15) is 0 Å². The lowest BCUT2D eigenvalue weighted by molar-refractivity contribution is -0.0107. The molecule has 1 aromatic rings. The Hall–Kier alpha value is -0.650. The molecule has 16 heavy (non-hydrogen) atoms. The van der Waals surface area contributed by atoms with Crippen molar-refractivity contribution < 1.29 is 4.74 Å². The van der Waals surface area contributed by atoms with E-state index in [0.717, 1.165) is 23.4 Å². The molecular formula is C11H16BrN3O. The highest BCUT2D eigenvalue weighted by atomic mass is 79.9. The van der Waals surface area contributed by atoms with Gasteiger partial charge >= 0.3 is 0 Å². The lowest BCUT2D eigenvalue weighted by Gasteiger charge is -2.37. The zero-order valence-corrected chi connectivity index (χ0v) is 10.9. The summed E-state index contributed by atoms with van der Waals surface area (Å²) in [6.45, 7) is 4.30. The molecule has 2 atom stereocenters. The molecule has 2 heterocycles. The number of anilines is 1. The van der Waals surface area contributed by atoms with Gasteiger partial charge in [-0.2, -0.15) is 0 Å². The minimum atomic E-state index is 0.106. The Morgan fingerprint density at radius 2 is 2.38 bits per heavy atom. The molecule has 0 amide bonds. The number of morpholine rings is 1. The highest BCUT2D eigenvalue weighted by Crippen LogP contribution is 2.19. The molecule has 0 saturated carbocycles. The summed E-state index contributed by atoms with van der Waals surface area (Å²) in [7, 11) is 0. The van der Waals surface area contributed by atoms with Crippen LogP contribution in [0.3, 0.4) is 0 Å². The second-order valence-electron chi connectivity index (χ2n) is 4.04. The molecule has 0 radical (unpaired) electrons. The van der Waals surface area contributed by atoms with Crippen LogP contribution in [0, 0.1) is 0 Å². The fourth-order valence-corrected chi connectivity index (χ4v) is 2.15. The first kappa shape index (κ1) is 11.8. The molecule has 88 valence electrons. The SMILES string of the molecule is CC1CN(c2ccc(Br)cn2)CC(CN)O1. The van der Waals surface area contributed by atoms with Crippen molar-refractivity contribution in [2.75, 3.05) is 24.5 Å². The molecule has 0 aliphatic carbocycles. The van der Waals surface area contributed by atoms with Gasteiger partial charge in [0.25, 0.3) is 0 Å². The average Bonchev–Trinajstić information content (AvgIpc) is 2.29. The quantitative estimate of drug-likeness (QED) is 0.893. The Labute approximate surface area is 104 Å². The van der Waals surface area contributed by atoms with E-state index in [1.165, 1.54) is 0 Å². The Morgan fingerprint density at radius 1 is 1.56 bits per heavy atom. The highest BCUT2D eigenvalue weighted by molar-refractivity contribution is 9.10. The van der Waals surface area contributed by atoms with Crippen molar-refractivity contribution in [2.45, 2.75) is 19.1 Å². The number of rotatable bonds is 2. The van der Waals surface area contributed by atoms with Crippen LogP contribution in [0.25, 0.3) is 0 Å². The van der Waals surface area contributed by atoms with Gasteiger partial charge in [-0.3, -0.25) is 0 Å². The minimum Gasteiger partial charge on any atom is -0.370 e. The molecule has 1 aromatic heterocycles. The predicted molar refractivity (Wildman–Crippen MR) is 67.5 cm³/mol. The third-order valence-electron chi connectivity index (χ3n) is 2.62. The summed E-state index contributed by atoms with van der Waals surface area (Å²) in [6, 6.07) is 4.01. The average molecular weight is 286 g/mol. The van der Waals surface area contributed by atoms with Crippen molar-refractivity contribution in [3.8, 4) is 0 Å². The molecule has 1 saturated heterocycles. The van der Waals surface area contributed by atoms with E-state index >= 15 is 0 Å². The van der Waals surface area contributed by atoms with E-state index < -0.39 is 0 Å². The van der Waals surface area contributed by atoms with Crippen molar-refractivity contribution in [2.24, 2.45) is 5.73 Å².